The molecule has 0 N–H and O–H groups in total. The zero-order valence-corrected chi connectivity index (χ0v) is 28.1. The lowest BCUT2D eigenvalue weighted by Crippen LogP contribution is -2.14. The Morgan fingerprint density at radius 3 is 1.90 bits per heavy atom. The first kappa shape index (κ1) is 21.5. The molecule has 1 aliphatic carbocycles. The fourth-order valence-corrected chi connectivity index (χ4v) is 7.50. The predicted molar refractivity (Wildman–Crippen MR) is 212 cm³/mol. The van der Waals surface area contributed by atoms with Crippen LogP contribution in [-0.4, -0.2) is 15.0 Å². The van der Waals surface area contributed by atoms with Crippen molar-refractivity contribution in [3.8, 4) is 67.5 Å². The van der Waals surface area contributed by atoms with Gasteiger partial charge in [0, 0.05) is 38.4 Å². The smallest absolute Gasteiger partial charge is 0.164 e. The maximum Gasteiger partial charge on any atom is 0.164 e. The van der Waals surface area contributed by atoms with Crippen LogP contribution in [0.4, 0.5) is 0 Å². The van der Waals surface area contributed by atoms with Crippen molar-refractivity contribution >= 4 is 21.9 Å². The summed E-state index contributed by atoms with van der Waals surface area (Å²) >= 11 is 0. The first-order valence-electron chi connectivity index (χ1n) is 21.9. The van der Waals surface area contributed by atoms with Crippen molar-refractivity contribution in [2.45, 2.75) is 19.3 Å². The number of hydrogen-bond donors (Lipinski definition) is 0. The summed E-state index contributed by atoms with van der Waals surface area (Å²) in [6, 6.07) is 27.2. The molecule has 0 saturated heterocycles. The Kier molecular flexibility index (Phi) is 4.85. The number of furan rings is 1. The first-order valence-corrected chi connectivity index (χ1v) is 16.9. The molecule has 0 amide bonds. The number of nitrogens with zero attached hydrogens (tertiary/aromatic N) is 3. The molecule has 0 fully saturated rings. The molecule has 0 atom stereocenters. The fourth-order valence-electron chi connectivity index (χ4n) is 7.50. The van der Waals surface area contributed by atoms with E-state index in [-0.39, 0.29) is 33.3 Å². The summed E-state index contributed by atoms with van der Waals surface area (Å²) in [7, 11) is 0. The van der Waals surface area contributed by atoms with E-state index in [2.05, 4.69) is 32.0 Å². The number of aromatic nitrogens is 3. The number of fused-ring (bicyclic) bond motifs is 6. The van der Waals surface area contributed by atoms with Crippen molar-refractivity contribution in [3.63, 3.8) is 0 Å². The van der Waals surface area contributed by atoms with Gasteiger partial charge < -0.3 is 4.42 Å². The standard InChI is InChI=1S/C48H33N3O/c1-48(2)39-25-13-12-22-34(39)42-35(23-14-26-40(42)48)46-49-45(32-20-10-5-11-21-32)50-47(51-46)36-24-15-27-41-43(36)38-29-33(30-16-6-3-7-17-30)28-37(44(38)52-41)31-18-8-4-9-19-31/h3-29H,1-2H3/i3D,4D,6D,7D,8D,9D,16D,17D,18D,19D. The minimum absolute atomic E-state index is 0.0749. The van der Waals surface area contributed by atoms with Crippen molar-refractivity contribution in [2.75, 3.05) is 0 Å². The maximum absolute atomic E-state index is 8.95. The average molecular weight is 678 g/mol. The Morgan fingerprint density at radius 2 is 1.12 bits per heavy atom. The van der Waals surface area contributed by atoms with E-state index in [0.29, 0.717) is 39.4 Å². The normalized spacial score (nSPS) is 15.7. The van der Waals surface area contributed by atoms with E-state index < -0.39 is 60.4 Å². The molecule has 4 nitrogen and oxygen atoms in total. The summed E-state index contributed by atoms with van der Waals surface area (Å²) in [5.74, 6) is 1.14. The van der Waals surface area contributed by atoms with Gasteiger partial charge in [0.05, 0.1) is 13.7 Å². The average Bonchev–Trinajstić information content (AvgIpc) is 3.78. The Labute approximate surface area is 316 Å². The monoisotopic (exact) mass is 677 g/mol. The third-order valence-electron chi connectivity index (χ3n) is 9.91. The van der Waals surface area contributed by atoms with Gasteiger partial charge in [-0.25, -0.2) is 15.0 Å². The van der Waals surface area contributed by atoms with Crippen molar-refractivity contribution in [1.29, 1.82) is 0 Å². The van der Waals surface area contributed by atoms with Crippen molar-refractivity contribution in [2.24, 2.45) is 0 Å². The number of rotatable bonds is 5. The van der Waals surface area contributed by atoms with Gasteiger partial charge in [0.15, 0.2) is 17.5 Å². The van der Waals surface area contributed by atoms with Gasteiger partial charge in [-0.2, -0.15) is 0 Å². The quantitative estimate of drug-likeness (QED) is 0.182. The molecule has 2 heterocycles. The van der Waals surface area contributed by atoms with Gasteiger partial charge in [0.2, 0.25) is 0 Å². The summed E-state index contributed by atoms with van der Waals surface area (Å²) in [5.41, 5.74) is 6.68. The second-order valence-corrected chi connectivity index (χ2v) is 13.3. The zero-order valence-electron chi connectivity index (χ0n) is 38.1. The Morgan fingerprint density at radius 1 is 0.500 bits per heavy atom. The van der Waals surface area contributed by atoms with E-state index in [1.54, 1.807) is 18.2 Å². The highest BCUT2D eigenvalue weighted by molar-refractivity contribution is 6.16. The van der Waals surface area contributed by atoms with E-state index in [9.17, 15) is 0 Å². The van der Waals surface area contributed by atoms with Crippen molar-refractivity contribution in [1.82, 2.24) is 15.0 Å². The highest BCUT2D eigenvalue weighted by atomic mass is 16.3. The van der Waals surface area contributed by atoms with Crippen LogP contribution in [0, 0.1) is 0 Å². The van der Waals surface area contributed by atoms with E-state index in [1.165, 1.54) is 11.6 Å². The molecule has 0 saturated carbocycles. The lowest BCUT2D eigenvalue weighted by Gasteiger charge is -2.21. The van der Waals surface area contributed by atoms with Crippen LogP contribution in [0.25, 0.3) is 89.5 Å². The third-order valence-corrected chi connectivity index (χ3v) is 9.91. The molecule has 0 aliphatic heterocycles. The van der Waals surface area contributed by atoms with E-state index >= 15 is 0 Å². The lowest BCUT2D eigenvalue weighted by atomic mass is 9.82. The second-order valence-electron chi connectivity index (χ2n) is 13.3. The Hall–Kier alpha value is -6.65. The van der Waals surface area contributed by atoms with Crippen molar-refractivity contribution < 1.29 is 18.1 Å². The highest BCUT2D eigenvalue weighted by Gasteiger charge is 2.37. The molecule has 0 radical (unpaired) electrons. The van der Waals surface area contributed by atoms with Crippen LogP contribution in [-0.2, 0) is 5.41 Å². The van der Waals surface area contributed by atoms with Gasteiger partial charge in [-0.1, -0.05) is 159 Å². The van der Waals surface area contributed by atoms with Gasteiger partial charge in [0.1, 0.15) is 11.2 Å². The summed E-state index contributed by atoms with van der Waals surface area (Å²) in [6.45, 7) is 4.41. The van der Waals surface area contributed by atoms with Crippen LogP contribution in [0.5, 0.6) is 0 Å². The van der Waals surface area contributed by atoms with Crippen LogP contribution in [0.15, 0.2) is 168 Å². The van der Waals surface area contributed by atoms with Crippen LogP contribution < -0.4 is 0 Å². The second kappa shape index (κ2) is 11.7. The van der Waals surface area contributed by atoms with Gasteiger partial charge in [-0.05, 0) is 57.1 Å². The molecular weight excluding hydrogens is 635 g/mol. The fraction of sp³-hybridized carbons (Fsp3) is 0.0625. The summed E-state index contributed by atoms with van der Waals surface area (Å²) in [4.78, 5) is 15.3. The first-order chi connectivity index (χ1) is 29.7. The predicted octanol–water partition coefficient (Wildman–Crippen LogP) is 12.4. The molecule has 0 spiro atoms. The molecule has 0 unspecified atom stereocenters. The van der Waals surface area contributed by atoms with E-state index in [1.807, 2.05) is 60.7 Å². The molecular formula is C48H33N3O. The summed E-state index contributed by atoms with van der Waals surface area (Å²) in [5, 5.41) is 0.868. The minimum Gasteiger partial charge on any atom is -0.455 e. The molecule has 52 heavy (non-hydrogen) atoms. The summed E-state index contributed by atoms with van der Waals surface area (Å²) < 4.78 is 92.8. The molecule has 0 bridgehead atoms. The third kappa shape index (κ3) is 4.72. The van der Waals surface area contributed by atoms with Gasteiger partial charge in [-0.3, -0.25) is 0 Å². The molecule has 246 valence electrons. The number of hydrogen-bond acceptors (Lipinski definition) is 4. The van der Waals surface area contributed by atoms with E-state index in [0.717, 1.165) is 27.8 Å². The minimum atomic E-state index is -0.579. The van der Waals surface area contributed by atoms with Crippen LogP contribution in [0.1, 0.15) is 38.7 Å². The van der Waals surface area contributed by atoms with Crippen LogP contribution in [0.3, 0.4) is 0 Å². The molecule has 10 rings (SSSR count). The SMILES string of the molecule is [2H]c1c([2H])c([2H])c(-c2cc(-c3c([2H])c([2H])c([2H])c([2H])c3[2H])c3oc4cccc(-c5nc(-c6ccccc6)nc(-c6cccc7c6-c6ccccc6C7(C)C)n5)c4c3c2)c([2H])c1[2H]. The Bertz CT molecular complexity index is 3340. The molecule has 4 heteroatoms. The topological polar surface area (TPSA) is 51.8 Å². The highest BCUT2D eigenvalue weighted by Crippen LogP contribution is 2.52. The molecule has 7 aromatic carbocycles. The van der Waals surface area contributed by atoms with Crippen LogP contribution in [0.2, 0.25) is 0 Å². The number of benzene rings is 7. The van der Waals surface area contributed by atoms with Gasteiger partial charge in [0.25, 0.3) is 0 Å². The Balaban J connectivity index is 1.31. The maximum atomic E-state index is 8.95. The van der Waals surface area contributed by atoms with Crippen LogP contribution >= 0.6 is 0 Å². The largest absolute Gasteiger partial charge is 0.455 e. The summed E-state index contributed by atoms with van der Waals surface area (Å²) in [6.07, 6.45) is 0. The molecule has 1 aliphatic rings. The molecule has 2 aromatic heterocycles. The van der Waals surface area contributed by atoms with Gasteiger partial charge >= 0.3 is 0 Å². The lowest BCUT2D eigenvalue weighted by molar-refractivity contribution is 0.660. The molecule has 9 aromatic rings. The van der Waals surface area contributed by atoms with Crippen molar-refractivity contribution in [3.05, 3.63) is 175 Å². The van der Waals surface area contributed by atoms with E-state index in [4.69, 9.17) is 33.1 Å². The van der Waals surface area contributed by atoms with Gasteiger partial charge in [-0.15, -0.1) is 0 Å². The zero-order chi connectivity index (χ0) is 43.5.